The molecule has 0 bridgehead atoms. The molecule has 1 N–H and O–H groups in total. The number of Topliss-reactive ketones (excluding diaryl/α,β-unsaturated/α-hetero) is 1. The molecule has 0 atom stereocenters. The lowest BCUT2D eigenvalue weighted by Crippen LogP contribution is -2.36. The summed E-state index contributed by atoms with van der Waals surface area (Å²) in [6, 6.07) is 3.57. The van der Waals surface area contributed by atoms with Crippen molar-refractivity contribution in [3.63, 3.8) is 0 Å². The summed E-state index contributed by atoms with van der Waals surface area (Å²) in [5, 5.41) is 10.4. The van der Waals surface area contributed by atoms with Crippen molar-refractivity contribution in [1.29, 1.82) is 0 Å². The van der Waals surface area contributed by atoms with Crippen LogP contribution >= 0.6 is 0 Å². The van der Waals surface area contributed by atoms with Crippen LogP contribution in [0.15, 0.2) is 24.4 Å². The number of ketones is 1. The second-order valence-electron chi connectivity index (χ2n) is 3.91. The number of non-ortho nitro benzene ring substituents is 1. The average molecular weight is 290 g/mol. The molecule has 0 saturated heterocycles. The van der Waals surface area contributed by atoms with E-state index in [1.54, 1.807) is 0 Å². The minimum absolute atomic E-state index is 0.0348. The largest absolute Gasteiger partial charge is 0.368 e. The van der Waals surface area contributed by atoms with Crippen molar-refractivity contribution >= 4 is 22.4 Å². The lowest BCUT2D eigenvalue weighted by atomic mass is 10.0. The van der Waals surface area contributed by atoms with Gasteiger partial charge in [-0.15, -0.1) is 0 Å². The second-order valence-corrected chi connectivity index (χ2v) is 3.91. The first-order chi connectivity index (χ1) is 9.26. The van der Waals surface area contributed by atoms with Crippen LogP contribution in [0.1, 0.15) is 10.4 Å². The van der Waals surface area contributed by atoms with Crippen LogP contribution in [0.5, 0.6) is 0 Å². The molecule has 0 aliphatic carbocycles. The van der Waals surface area contributed by atoms with Crippen LogP contribution in [0.4, 0.5) is 23.2 Å². The van der Waals surface area contributed by atoms with E-state index >= 15 is 0 Å². The highest BCUT2D eigenvalue weighted by Crippen LogP contribution is 2.34. The summed E-state index contributed by atoms with van der Waals surface area (Å²) in [5.74, 6) is -7.06. The number of alkyl halides is 4. The van der Waals surface area contributed by atoms with Gasteiger partial charge in [0.25, 0.3) is 5.69 Å². The van der Waals surface area contributed by atoms with Crippen LogP contribution in [0.25, 0.3) is 10.9 Å². The number of nitro benzene ring substituents is 1. The van der Waals surface area contributed by atoms with Crippen molar-refractivity contribution in [1.82, 2.24) is 4.98 Å². The number of carbonyl (C=O) groups excluding carboxylic acids is 1. The SMILES string of the molecule is O=C(c1c[nH]c2cccc([N+](=O)[O-])c12)C(F)(F)C(F)F. The lowest BCUT2D eigenvalue weighted by Gasteiger charge is -2.12. The Kier molecular flexibility index (Phi) is 3.20. The van der Waals surface area contributed by atoms with E-state index in [0.717, 1.165) is 12.3 Å². The third-order valence-corrected chi connectivity index (χ3v) is 2.70. The fourth-order valence-corrected chi connectivity index (χ4v) is 1.78. The summed E-state index contributed by atoms with van der Waals surface area (Å²) in [5.41, 5.74) is -1.41. The van der Waals surface area contributed by atoms with Gasteiger partial charge < -0.3 is 4.98 Å². The number of nitrogens with one attached hydrogen (secondary N) is 1. The first kappa shape index (κ1) is 14.0. The van der Waals surface area contributed by atoms with Gasteiger partial charge in [-0.25, -0.2) is 8.78 Å². The maximum absolute atomic E-state index is 13.1. The number of aromatic amines is 1. The van der Waals surface area contributed by atoms with Crippen LogP contribution in [0, 0.1) is 10.1 Å². The number of rotatable bonds is 4. The molecule has 2 aromatic rings. The normalized spacial score (nSPS) is 12.1. The highest BCUT2D eigenvalue weighted by atomic mass is 19.3. The van der Waals surface area contributed by atoms with E-state index in [2.05, 4.69) is 4.98 Å². The predicted molar refractivity (Wildman–Crippen MR) is 60.2 cm³/mol. The zero-order valence-electron chi connectivity index (χ0n) is 9.57. The number of hydrogen-bond acceptors (Lipinski definition) is 3. The molecule has 1 aromatic heterocycles. The summed E-state index contributed by atoms with van der Waals surface area (Å²) < 4.78 is 50.6. The molecule has 1 heterocycles. The summed E-state index contributed by atoms with van der Waals surface area (Å²) in [7, 11) is 0. The topological polar surface area (TPSA) is 76.0 Å². The van der Waals surface area contributed by atoms with Gasteiger partial charge in [0.2, 0.25) is 5.78 Å². The van der Waals surface area contributed by atoms with Crippen LogP contribution in [0.2, 0.25) is 0 Å². The third-order valence-electron chi connectivity index (χ3n) is 2.70. The first-order valence-electron chi connectivity index (χ1n) is 5.22. The van der Waals surface area contributed by atoms with Crippen LogP contribution in [-0.4, -0.2) is 28.0 Å². The van der Waals surface area contributed by atoms with E-state index in [9.17, 15) is 32.5 Å². The smallest absolute Gasteiger partial charge is 0.360 e. The van der Waals surface area contributed by atoms with Gasteiger partial charge in [-0.05, 0) is 6.07 Å². The van der Waals surface area contributed by atoms with E-state index in [1.807, 2.05) is 0 Å². The molecule has 0 aliphatic heterocycles. The van der Waals surface area contributed by atoms with Crippen molar-refractivity contribution in [3.8, 4) is 0 Å². The highest BCUT2D eigenvalue weighted by Gasteiger charge is 2.50. The van der Waals surface area contributed by atoms with Crippen LogP contribution < -0.4 is 0 Å². The molecule has 0 saturated carbocycles. The Morgan fingerprint density at radius 2 is 2.00 bits per heavy atom. The molecule has 0 unspecified atom stereocenters. The summed E-state index contributed by atoms with van der Waals surface area (Å²) in [6.45, 7) is 0. The minimum atomic E-state index is -4.90. The van der Waals surface area contributed by atoms with Crippen molar-refractivity contribution in [2.24, 2.45) is 0 Å². The van der Waals surface area contributed by atoms with Gasteiger partial charge in [-0.2, -0.15) is 8.78 Å². The van der Waals surface area contributed by atoms with E-state index < -0.39 is 39.7 Å². The Morgan fingerprint density at radius 1 is 1.35 bits per heavy atom. The predicted octanol–water partition coefficient (Wildman–Crippen LogP) is 3.16. The zero-order chi connectivity index (χ0) is 15.1. The van der Waals surface area contributed by atoms with Gasteiger partial charge in [0.1, 0.15) is 0 Å². The summed E-state index contributed by atoms with van der Waals surface area (Å²) in [6.07, 6.45) is -3.43. The van der Waals surface area contributed by atoms with Gasteiger partial charge >= 0.3 is 12.3 Å². The molecular formula is C11H6F4N2O3. The molecule has 0 aliphatic rings. The lowest BCUT2D eigenvalue weighted by molar-refractivity contribution is -0.383. The van der Waals surface area contributed by atoms with Crippen molar-refractivity contribution < 1.29 is 27.3 Å². The van der Waals surface area contributed by atoms with Crippen molar-refractivity contribution in [3.05, 3.63) is 40.1 Å². The first-order valence-corrected chi connectivity index (χ1v) is 5.22. The maximum atomic E-state index is 13.1. The molecule has 0 spiro atoms. The molecule has 20 heavy (non-hydrogen) atoms. The third kappa shape index (κ3) is 2.00. The minimum Gasteiger partial charge on any atom is -0.360 e. The Balaban J connectivity index is 2.68. The summed E-state index contributed by atoms with van der Waals surface area (Å²) in [4.78, 5) is 23.8. The molecule has 0 fully saturated rings. The van der Waals surface area contributed by atoms with E-state index in [4.69, 9.17) is 0 Å². The summed E-state index contributed by atoms with van der Waals surface area (Å²) >= 11 is 0. The zero-order valence-corrected chi connectivity index (χ0v) is 9.57. The Morgan fingerprint density at radius 3 is 2.55 bits per heavy atom. The van der Waals surface area contributed by atoms with Gasteiger partial charge in [0, 0.05) is 12.3 Å². The van der Waals surface area contributed by atoms with E-state index in [1.165, 1.54) is 12.1 Å². The number of nitro groups is 1. The fraction of sp³-hybridized carbons (Fsp3) is 0.182. The highest BCUT2D eigenvalue weighted by molar-refractivity contribution is 6.13. The number of hydrogen-bond donors (Lipinski definition) is 1. The number of H-pyrrole nitrogens is 1. The number of aromatic nitrogens is 1. The van der Waals surface area contributed by atoms with Crippen molar-refractivity contribution in [2.45, 2.75) is 12.3 Å². The molecule has 0 amide bonds. The van der Waals surface area contributed by atoms with Crippen LogP contribution in [0.3, 0.4) is 0 Å². The Labute approximate surface area is 108 Å². The maximum Gasteiger partial charge on any atom is 0.368 e. The number of carbonyl (C=O) groups is 1. The van der Waals surface area contributed by atoms with Gasteiger partial charge in [0.05, 0.1) is 21.4 Å². The molecule has 1 aromatic carbocycles. The quantitative estimate of drug-likeness (QED) is 0.406. The Bertz CT molecular complexity index is 696. The van der Waals surface area contributed by atoms with Crippen molar-refractivity contribution in [2.75, 3.05) is 0 Å². The standard InChI is InChI=1S/C11H6F4N2O3/c12-10(13)11(14,15)9(18)5-4-16-6-2-1-3-7(8(5)6)17(19)20/h1-4,10,16H. The van der Waals surface area contributed by atoms with E-state index in [-0.39, 0.29) is 5.52 Å². The fourth-order valence-electron chi connectivity index (χ4n) is 1.78. The van der Waals surface area contributed by atoms with Gasteiger partial charge in [0.15, 0.2) is 0 Å². The molecule has 106 valence electrons. The Hall–Kier alpha value is -2.45. The number of halogens is 4. The number of benzene rings is 1. The van der Waals surface area contributed by atoms with Crippen LogP contribution in [-0.2, 0) is 0 Å². The molecule has 9 heteroatoms. The average Bonchev–Trinajstić information content (AvgIpc) is 2.80. The molecule has 2 rings (SSSR count). The second kappa shape index (κ2) is 4.58. The molecule has 0 radical (unpaired) electrons. The number of fused-ring (bicyclic) bond motifs is 1. The van der Waals surface area contributed by atoms with Gasteiger partial charge in [-0.3, -0.25) is 14.9 Å². The molecule has 5 nitrogen and oxygen atoms in total. The number of nitrogens with zero attached hydrogens (tertiary/aromatic N) is 1. The van der Waals surface area contributed by atoms with Gasteiger partial charge in [-0.1, -0.05) is 6.07 Å². The monoisotopic (exact) mass is 290 g/mol. The molecular weight excluding hydrogens is 284 g/mol. The van der Waals surface area contributed by atoms with E-state index in [0.29, 0.717) is 0 Å².